The maximum atomic E-state index is 9.60. The highest BCUT2D eigenvalue weighted by atomic mass is 16.3. The second kappa shape index (κ2) is 5.16. The number of hydrogen-bond acceptors (Lipinski definition) is 1. The van der Waals surface area contributed by atoms with Gasteiger partial charge in [0.05, 0.1) is 6.10 Å². The molecule has 0 aromatic heterocycles. The lowest BCUT2D eigenvalue weighted by molar-refractivity contribution is 0.173. The fraction of sp³-hybridized carbons (Fsp3) is 0.538. The van der Waals surface area contributed by atoms with Crippen molar-refractivity contribution in [2.24, 2.45) is 5.92 Å². The molecule has 14 heavy (non-hydrogen) atoms. The van der Waals surface area contributed by atoms with Gasteiger partial charge in [0.2, 0.25) is 0 Å². The molecule has 1 aromatic rings. The Balaban J connectivity index is 2.68. The highest BCUT2D eigenvalue weighted by molar-refractivity contribution is 5.24. The Bertz CT molecular complexity index is 261. The van der Waals surface area contributed by atoms with Gasteiger partial charge in [-0.15, -0.1) is 0 Å². The minimum absolute atomic E-state index is 0.303. The lowest BCUT2D eigenvalue weighted by Gasteiger charge is -2.09. The summed E-state index contributed by atoms with van der Waals surface area (Å²) in [6, 6.07) is 8.31. The minimum Gasteiger partial charge on any atom is -0.388 e. The summed E-state index contributed by atoms with van der Waals surface area (Å²) in [5, 5.41) is 9.60. The fourth-order valence-electron chi connectivity index (χ4n) is 1.58. The Morgan fingerprint density at radius 3 is 2.14 bits per heavy atom. The van der Waals surface area contributed by atoms with E-state index in [0.29, 0.717) is 5.92 Å². The molecule has 0 aliphatic carbocycles. The molecule has 1 heteroatoms. The predicted molar refractivity (Wildman–Crippen MR) is 60.2 cm³/mol. The molecule has 0 saturated heterocycles. The van der Waals surface area contributed by atoms with E-state index in [1.54, 1.807) is 0 Å². The molecular weight excluding hydrogens is 172 g/mol. The first-order valence-electron chi connectivity index (χ1n) is 5.40. The number of aliphatic hydroxyl groups excluding tert-OH is 1. The van der Waals surface area contributed by atoms with Gasteiger partial charge in [-0.3, -0.25) is 0 Å². The first-order chi connectivity index (χ1) is 6.63. The third kappa shape index (κ3) is 3.15. The van der Waals surface area contributed by atoms with Crippen LogP contribution in [-0.4, -0.2) is 5.11 Å². The fourth-order valence-corrected chi connectivity index (χ4v) is 1.58. The highest BCUT2D eigenvalue weighted by Gasteiger charge is 2.04. The number of aliphatic hydroxyl groups is 1. The molecule has 1 N–H and O–H groups in total. The first kappa shape index (κ1) is 11.3. The van der Waals surface area contributed by atoms with Gasteiger partial charge in [0.15, 0.2) is 0 Å². The summed E-state index contributed by atoms with van der Waals surface area (Å²) in [6.45, 7) is 6.43. The van der Waals surface area contributed by atoms with Crippen LogP contribution in [0.25, 0.3) is 0 Å². The molecule has 78 valence electrons. The van der Waals surface area contributed by atoms with E-state index in [1.165, 1.54) is 5.56 Å². The molecule has 0 unspecified atom stereocenters. The molecule has 0 saturated carbocycles. The maximum absolute atomic E-state index is 9.60. The molecule has 0 aliphatic heterocycles. The standard InChI is InChI=1S/C13H20O/c1-4-13(14)12-7-5-11(6-8-12)9-10(2)3/h5-8,10,13-14H,4,9H2,1-3H3/t13-/m1/s1. The van der Waals surface area contributed by atoms with E-state index in [9.17, 15) is 5.11 Å². The third-order valence-electron chi connectivity index (χ3n) is 2.40. The predicted octanol–water partition coefficient (Wildman–Crippen LogP) is 3.33. The summed E-state index contributed by atoms with van der Waals surface area (Å²) in [4.78, 5) is 0. The van der Waals surface area contributed by atoms with E-state index < -0.39 is 0 Å². The van der Waals surface area contributed by atoms with Gasteiger partial charge < -0.3 is 5.11 Å². The van der Waals surface area contributed by atoms with Crippen LogP contribution >= 0.6 is 0 Å². The minimum atomic E-state index is -0.303. The van der Waals surface area contributed by atoms with Gasteiger partial charge >= 0.3 is 0 Å². The summed E-state index contributed by atoms with van der Waals surface area (Å²) in [6.07, 6.45) is 1.59. The van der Waals surface area contributed by atoms with E-state index in [-0.39, 0.29) is 6.10 Å². The smallest absolute Gasteiger partial charge is 0.0787 e. The quantitative estimate of drug-likeness (QED) is 0.775. The van der Waals surface area contributed by atoms with E-state index >= 15 is 0 Å². The van der Waals surface area contributed by atoms with Gasteiger partial charge in [-0.05, 0) is 29.9 Å². The van der Waals surface area contributed by atoms with Crippen LogP contribution in [0.1, 0.15) is 44.4 Å². The zero-order valence-electron chi connectivity index (χ0n) is 9.33. The normalized spacial score (nSPS) is 13.2. The highest BCUT2D eigenvalue weighted by Crippen LogP contribution is 2.17. The van der Waals surface area contributed by atoms with Crippen molar-refractivity contribution in [2.45, 2.75) is 39.7 Å². The van der Waals surface area contributed by atoms with Gasteiger partial charge in [0.1, 0.15) is 0 Å². The monoisotopic (exact) mass is 192 g/mol. The summed E-state index contributed by atoms with van der Waals surface area (Å²) < 4.78 is 0. The Morgan fingerprint density at radius 1 is 1.14 bits per heavy atom. The topological polar surface area (TPSA) is 20.2 Å². The van der Waals surface area contributed by atoms with E-state index in [0.717, 1.165) is 18.4 Å². The van der Waals surface area contributed by atoms with Gasteiger partial charge in [-0.2, -0.15) is 0 Å². The first-order valence-corrected chi connectivity index (χ1v) is 5.40. The van der Waals surface area contributed by atoms with Crippen molar-refractivity contribution in [1.82, 2.24) is 0 Å². The largest absolute Gasteiger partial charge is 0.388 e. The van der Waals surface area contributed by atoms with Gasteiger partial charge in [0, 0.05) is 0 Å². The molecule has 0 heterocycles. The molecule has 0 radical (unpaired) electrons. The van der Waals surface area contributed by atoms with Crippen LogP contribution in [0, 0.1) is 5.92 Å². The average molecular weight is 192 g/mol. The van der Waals surface area contributed by atoms with E-state index in [1.807, 2.05) is 19.1 Å². The number of rotatable bonds is 4. The van der Waals surface area contributed by atoms with Crippen LogP contribution < -0.4 is 0 Å². The summed E-state index contributed by atoms with van der Waals surface area (Å²) in [5.41, 5.74) is 2.38. The van der Waals surface area contributed by atoms with Crippen LogP contribution in [0.4, 0.5) is 0 Å². The average Bonchev–Trinajstić information content (AvgIpc) is 2.17. The lowest BCUT2D eigenvalue weighted by atomic mass is 10.00. The molecule has 1 rings (SSSR count). The van der Waals surface area contributed by atoms with E-state index in [4.69, 9.17) is 0 Å². The third-order valence-corrected chi connectivity index (χ3v) is 2.40. The van der Waals surface area contributed by atoms with Gasteiger partial charge in [-0.25, -0.2) is 0 Å². The van der Waals surface area contributed by atoms with Crippen LogP contribution in [0.3, 0.4) is 0 Å². The Labute approximate surface area is 86.8 Å². The lowest BCUT2D eigenvalue weighted by Crippen LogP contribution is -1.97. The Hall–Kier alpha value is -0.820. The van der Waals surface area contributed by atoms with Crippen LogP contribution in [0.2, 0.25) is 0 Å². The van der Waals surface area contributed by atoms with Crippen molar-refractivity contribution in [3.8, 4) is 0 Å². The Kier molecular flexibility index (Phi) is 4.15. The molecule has 1 aromatic carbocycles. The van der Waals surface area contributed by atoms with Crippen LogP contribution in [0.15, 0.2) is 24.3 Å². The second-order valence-corrected chi connectivity index (χ2v) is 4.26. The number of benzene rings is 1. The zero-order valence-corrected chi connectivity index (χ0v) is 9.33. The zero-order chi connectivity index (χ0) is 10.6. The molecular formula is C13H20O. The number of hydrogen-bond donors (Lipinski definition) is 1. The SMILES string of the molecule is CC[C@@H](O)c1ccc(CC(C)C)cc1. The van der Waals surface area contributed by atoms with Crippen LogP contribution in [0.5, 0.6) is 0 Å². The van der Waals surface area contributed by atoms with E-state index in [2.05, 4.69) is 26.0 Å². The maximum Gasteiger partial charge on any atom is 0.0787 e. The summed E-state index contributed by atoms with van der Waals surface area (Å²) >= 11 is 0. The van der Waals surface area contributed by atoms with Crippen molar-refractivity contribution in [2.75, 3.05) is 0 Å². The molecule has 0 spiro atoms. The van der Waals surface area contributed by atoms with Crippen molar-refractivity contribution in [1.29, 1.82) is 0 Å². The van der Waals surface area contributed by atoms with Crippen molar-refractivity contribution in [3.05, 3.63) is 35.4 Å². The molecule has 0 aliphatic rings. The molecule has 1 atom stereocenters. The van der Waals surface area contributed by atoms with Crippen molar-refractivity contribution < 1.29 is 5.11 Å². The molecule has 0 fully saturated rings. The molecule has 1 nitrogen and oxygen atoms in total. The molecule has 0 amide bonds. The van der Waals surface area contributed by atoms with Crippen molar-refractivity contribution in [3.63, 3.8) is 0 Å². The molecule has 0 bridgehead atoms. The van der Waals surface area contributed by atoms with Gasteiger partial charge in [-0.1, -0.05) is 45.0 Å². The van der Waals surface area contributed by atoms with Crippen LogP contribution in [-0.2, 0) is 6.42 Å². The summed E-state index contributed by atoms with van der Waals surface area (Å²) in [7, 11) is 0. The Morgan fingerprint density at radius 2 is 1.71 bits per heavy atom. The summed E-state index contributed by atoms with van der Waals surface area (Å²) in [5.74, 6) is 0.692. The van der Waals surface area contributed by atoms with Crippen molar-refractivity contribution >= 4 is 0 Å². The second-order valence-electron chi connectivity index (χ2n) is 4.26. The van der Waals surface area contributed by atoms with Gasteiger partial charge in [0.25, 0.3) is 0 Å².